The van der Waals surface area contributed by atoms with Gasteiger partial charge >= 0.3 is 5.97 Å². The van der Waals surface area contributed by atoms with Crippen LogP contribution in [0, 0.1) is 0 Å². The van der Waals surface area contributed by atoms with Gasteiger partial charge in [0.15, 0.2) is 0 Å². The molecule has 3 nitrogen and oxygen atoms in total. The van der Waals surface area contributed by atoms with Crippen molar-refractivity contribution in [3.63, 3.8) is 0 Å². The van der Waals surface area contributed by atoms with Crippen LogP contribution in [0.4, 0.5) is 0 Å². The van der Waals surface area contributed by atoms with Crippen LogP contribution in [0.5, 0.6) is 11.5 Å². The van der Waals surface area contributed by atoms with Gasteiger partial charge in [-0.05, 0) is 36.4 Å². The predicted molar refractivity (Wildman–Crippen MR) is 86.8 cm³/mol. The van der Waals surface area contributed by atoms with Crippen molar-refractivity contribution in [3.8, 4) is 11.5 Å². The molecule has 0 amide bonds. The number of hydrogen-bond acceptors (Lipinski definition) is 3. The summed E-state index contributed by atoms with van der Waals surface area (Å²) in [5.41, 5.74) is 0.767. The van der Waals surface area contributed by atoms with Crippen LogP contribution in [-0.2, 0) is 4.79 Å². The van der Waals surface area contributed by atoms with Crippen molar-refractivity contribution in [2.24, 2.45) is 0 Å². The number of rotatable bonds is 4. The predicted octanol–water partition coefficient (Wildman–Crippen LogP) is 4.73. The van der Waals surface area contributed by atoms with Crippen molar-refractivity contribution in [3.05, 3.63) is 63.6 Å². The highest BCUT2D eigenvalue weighted by Crippen LogP contribution is 2.25. The fourth-order valence-electron chi connectivity index (χ4n) is 1.66. The van der Waals surface area contributed by atoms with Crippen LogP contribution in [0.15, 0.2) is 53.0 Å². The molecule has 0 atom stereocenters. The second kappa shape index (κ2) is 7.29. The Hall–Kier alpha value is -1.78. The molecule has 0 aliphatic rings. The minimum absolute atomic E-state index is 0.329. The lowest BCUT2D eigenvalue weighted by Crippen LogP contribution is -2.04. The zero-order chi connectivity index (χ0) is 15.2. The Morgan fingerprint density at radius 3 is 2.67 bits per heavy atom. The van der Waals surface area contributed by atoms with Gasteiger partial charge in [0.05, 0.1) is 12.1 Å². The largest absolute Gasteiger partial charge is 0.496 e. The van der Waals surface area contributed by atoms with E-state index in [1.165, 1.54) is 6.08 Å². The van der Waals surface area contributed by atoms with Crippen LogP contribution >= 0.6 is 27.5 Å². The van der Waals surface area contributed by atoms with E-state index in [0.29, 0.717) is 16.5 Å². The molecule has 0 saturated heterocycles. The van der Waals surface area contributed by atoms with E-state index in [0.717, 1.165) is 10.0 Å². The van der Waals surface area contributed by atoms with Gasteiger partial charge in [-0.3, -0.25) is 0 Å². The smallest absolute Gasteiger partial charge is 0.336 e. The van der Waals surface area contributed by atoms with Crippen LogP contribution in [0.25, 0.3) is 6.08 Å². The maximum absolute atomic E-state index is 11.8. The van der Waals surface area contributed by atoms with Gasteiger partial charge < -0.3 is 9.47 Å². The molecule has 2 rings (SSSR count). The number of carbonyl (C=O) groups excluding carboxylic acids is 1. The van der Waals surface area contributed by atoms with E-state index < -0.39 is 5.97 Å². The Kier molecular flexibility index (Phi) is 5.42. The molecule has 0 spiro atoms. The third-order valence-corrected chi connectivity index (χ3v) is 3.44. The third-order valence-electron chi connectivity index (χ3n) is 2.64. The molecule has 0 N–H and O–H groups in total. The first-order chi connectivity index (χ1) is 10.1. The lowest BCUT2D eigenvalue weighted by Gasteiger charge is -2.05. The maximum Gasteiger partial charge on any atom is 0.336 e. The Morgan fingerprint density at radius 1 is 1.19 bits per heavy atom. The van der Waals surface area contributed by atoms with Crippen molar-refractivity contribution in [1.82, 2.24) is 0 Å². The van der Waals surface area contributed by atoms with Gasteiger partial charge in [0.2, 0.25) is 0 Å². The molecule has 0 aromatic heterocycles. The summed E-state index contributed by atoms with van der Waals surface area (Å²) in [5, 5.41) is 0.388. The summed E-state index contributed by atoms with van der Waals surface area (Å²) in [7, 11) is 1.57. The van der Waals surface area contributed by atoms with Crippen LogP contribution in [0.3, 0.4) is 0 Å². The van der Waals surface area contributed by atoms with Gasteiger partial charge in [0.25, 0.3) is 0 Å². The van der Waals surface area contributed by atoms with Gasteiger partial charge in [-0.25, -0.2) is 4.79 Å². The third kappa shape index (κ3) is 4.34. The number of benzene rings is 2. The molecule has 0 fully saturated rings. The average Bonchev–Trinajstić information content (AvgIpc) is 2.48. The van der Waals surface area contributed by atoms with Crippen molar-refractivity contribution in [2.45, 2.75) is 0 Å². The Morgan fingerprint density at radius 2 is 1.95 bits per heavy atom. The summed E-state index contributed by atoms with van der Waals surface area (Å²) in [5.74, 6) is 0.486. The normalized spacial score (nSPS) is 10.6. The zero-order valence-corrected chi connectivity index (χ0v) is 13.5. The number of ether oxygens (including phenoxy) is 2. The van der Waals surface area contributed by atoms with Crippen molar-refractivity contribution in [2.75, 3.05) is 7.11 Å². The summed E-state index contributed by atoms with van der Waals surface area (Å²) in [6.07, 6.45) is 2.95. The van der Waals surface area contributed by atoms with Crippen LogP contribution < -0.4 is 9.47 Å². The second-order valence-corrected chi connectivity index (χ2v) is 5.39. The van der Waals surface area contributed by atoms with Crippen molar-refractivity contribution < 1.29 is 14.3 Å². The standard InChI is InChI=1S/C16H12BrClO3/c1-20-14-8-7-12(17)10-11(14)6-9-16(19)21-15-5-3-2-4-13(15)18/h2-10H,1H3/b9-6+. The molecule has 0 unspecified atom stereocenters. The molecule has 0 saturated carbocycles. The van der Waals surface area contributed by atoms with Gasteiger partial charge in [-0.2, -0.15) is 0 Å². The molecule has 108 valence electrons. The number of carbonyl (C=O) groups is 1. The minimum Gasteiger partial charge on any atom is -0.496 e. The number of hydrogen-bond donors (Lipinski definition) is 0. The molecular formula is C16H12BrClO3. The van der Waals surface area contributed by atoms with E-state index in [1.54, 1.807) is 37.5 Å². The van der Waals surface area contributed by atoms with Gasteiger partial charge in [-0.1, -0.05) is 39.7 Å². The van der Waals surface area contributed by atoms with E-state index in [-0.39, 0.29) is 0 Å². The van der Waals surface area contributed by atoms with Crippen LogP contribution in [0.2, 0.25) is 5.02 Å². The van der Waals surface area contributed by atoms with E-state index in [2.05, 4.69) is 15.9 Å². The number of methoxy groups -OCH3 is 1. The summed E-state index contributed by atoms with van der Waals surface area (Å²) in [4.78, 5) is 11.8. The van der Waals surface area contributed by atoms with Gasteiger partial charge in [0, 0.05) is 16.1 Å². The number of para-hydroxylation sites is 1. The molecule has 0 aliphatic carbocycles. The van der Waals surface area contributed by atoms with Gasteiger partial charge in [0.1, 0.15) is 11.5 Å². The first-order valence-electron chi connectivity index (χ1n) is 6.08. The average molecular weight is 368 g/mol. The highest BCUT2D eigenvalue weighted by atomic mass is 79.9. The zero-order valence-electron chi connectivity index (χ0n) is 11.2. The fraction of sp³-hybridized carbons (Fsp3) is 0.0625. The van der Waals surface area contributed by atoms with E-state index in [4.69, 9.17) is 21.1 Å². The highest BCUT2D eigenvalue weighted by molar-refractivity contribution is 9.10. The first-order valence-corrected chi connectivity index (χ1v) is 7.25. The van der Waals surface area contributed by atoms with E-state index >= 15 is 0 Å². The molecule has 5 heteroatoms. The topological polar surface area (TPSA) is 35.5 Å². The molecule has 0 radical (unpaired) electrons. The number of halogens is 2. The Bertz CT molecular complexity index is 683. The molecule has 0 bridgehead atoms. The summed E-state index contributed by atoms with van der Waals surface area (Å²) >= 11 is 9.30. The molecule has 2 aromatic carbocycles. The highest BCUT2D eigenvalue weighted by Gasteiger charge is 2.05. The summed E-state index contributed by atoms with van der Waals surface area (Å²) < 4.78 is 11.3. The molecule has 2 aromatic rings. The number of esters is 1. The lowest BCUT2D eigenvalue weighted by molar-refractivity contribution is -0.128. The fourth-order valence-corrected chi connectivity index (χ4v) is 2.22. The monoisotopic (exact) mass is 366 g/mol. The summed E-state index contributed by atoms with van der Waals surface area (Å²) in [6, 6.07) is 12.3. The first kappa shape index (κ1) is 15.6. The van der Waals surface area contributed by atoms with Crippen LogP contribution in [0.1, 0.15) is 5.56 Å². The minimum atomic E-state index is -0.509. The molecule has 0 aliphatic heterocycles. The Balaban J connectivity index is 2.12. The van der Waals surface area contributed by atoms with Crippen molar-refractivity contribution in [1.29, 1.82) is 0 Å². The van der Waals surface area contributed by atoms with Gasteiger partial charge in [-0.15, -0.1) is 0 Å². The summed E-state index contributed by atoms with van der Waals surface area (Å²) in [6.45, 7) is 0. The quantitative estimate of drug-likeness (QED) is 0.445. The lowest BCUT2D eigenvalue weighted by atomic mass is 10.2. The molecule has 0 heterocycles. The SMILES string of the molecule is COc1ccc(Br)cc1/C=C/C(=O)Oc1ccccc1Cl. The maximum atomic E-state index is 11.8. The van der Waals surface area contributed by atoms with E-state index in [9.17, 15) is 4.79 Å². The molecular weight excluding hydrogens is 356 g/mol. The van der Waals surface area contributed by atoms with Crippen molar-refractivity contribution >= 4 is 39.6 Å². The van der Waals surface area contributed by atoms with E-state index in [1.807, 2.05) is 18.2 Å². The van der Waals surface area contributed by atoms with Crippen LogP contribution in [-0.4, -0.2) is 13.1 Å². The Labute approximate surface area is 136 Å². The second-order valence-electron chi connectivity index (χ2n) is 4.07. The molecule has 21 heavy (non-hydrogen) atoms.